The molecule has 0 radical (unpaired) electrons. The van der Waals surface area contributed by atoms with Crippen LogP contribution in [-0.2, 0) is 6.54 Å². The number of anilines is 1. The van der Waals surface area contributed by atoms with E-state index >= 15 is 0 Å². The molecule has 0 spiro atoms. The Hall–Kier alpha value is -2.43. The molecule has 0 aliphatic carbocycles. The molecule has 0 fully saturated rings. The smallest absolute Gasteiger partial charge is 0.250 e. The number of nitrogens with zero attached hydrogens (tertiary/aromatic N) is 2. The molecule has 1 amide bonds. The van der Waals surface area contributed by atoms with Crippen molar-refractivity contribution in [2.45, 2.75) is 13.5 Å². The van der Waals surface area contributed by atoms with E-state index in [0.29, 0.717) is 17.9 Å². The molecule has 92 valence electrons. The van der Waals surface area contributed by atoms with Crippen molar-refractivity contribution < 1.29 is 4.79 Å². The van der Waals surface area contributed by atoms with Gasteiger partial charge in [0.1, 0.15) is 5.82 Å². The molecule has 2 aromatic heterocycles. The normalized spacial score (nSPS) is 10.1. The lowest BCUT2D eigenvalue weighted by atomic mass is 10.1. The van der Waals surface area contributed by atoms with E-state index in [0.717, 1.165) is 11.1 Å². The van der Waals surface area contributed by atoms with Crippen molar-refractivity contribution in [1.82, 2.24) is 9.97 Å². The summed E-state index contributed by atoms with van der Waals surface area (Å²) in [6.45, 7) is 2.67. The summed E-state index contributed by atoms with van der Waals surface area (Å²) < 4.78 is 0. The van der Waals surface area contributed by atoms with Gasteiger partial charge in [-0.1, -0.05) is 0 Å². The molecule has 0 saturated heterocycles. The molecule has 0 aliphatic rings. The summed E-state index contributed by atoms with van der Waals surface area (Å²) in [7, 11) is 0. The average Bonchev–Trinajstić information content (AvgIpc) is 2.38. The Kier molecular flexibility index (Phi) is 3.52. The number of nitrogens with one attached hydrogen (secondary N) is 1. The van der Waals surface area contributed by atoms with Gasteiger partial charge in [-0.15, -0.1) is 0 Å². The van der Waals surface area contributed by atoms with Crippen LogP contribution in [0.5, 0.6) is 0 Å². The Bertz CT molecular complexity index is 551. The molecule has 0 saturated carbocycles. The molecular formula is C13H14N4O. The fourth-order valence-electron chi connectivity index (χ4n) is 1.53. The second kappa shape index (κ2) is 5.27. The van der Waals surface area contributed by atoms with Crippen molar-refractivity contribution in [1.29, 1.82) is 0 Å². The molecule has 3 N–H and O–H groups in total. The van der Waals surface area contributed by atoms with Gasteiger partial charge in [0.2, 0.25) is 5.91 Å². The summed E-state index contributed by atoms with van der Waals surface area (Å²) >= 11 is 0. The fourth-order valence-corrected chi connectivity index (χ4v) is 1.53. The maximum Gasteiger partial charge on any atom is 0.250 e. The van der Waals surface area contributed by atoms with Gasteiger partial charge in [0.15, 0.2) is 0 Å². The van der Waals surface area contributed by atoms with E-state index in [2.05, 4.69) is 15.3 Å². The molecule has 0 bridgehead atoms. The highest BCUT2D eigenvalue weighted by molar-refractivity contribution is 5.92. The van der Waals surface area contributed by atoms with Gasteiger partial charge >= 0.3 is 0 Å². The Balaban J connectivity index is 2.02. The molecule has 2 rings (SSSR count). The number of amides is 1. The second-order valence-corrected chi connectivity index (χ2v) is 3.95. The predicted molar refractivity (Wildman–Crippen MR) is 69.1 cm³/mol. The molecule has 2 heterocycles. The Morgan fingerprint density at radius 1 is 1.33 bits per heavy atom. The predicted octanol–water partition coefficient (Wildman–Crippen LogP) is 1.50. The molecular weight excluding hydrogens is 228 g/mol. The van der Waals surface area contributed by atoms with Crippen LogP contribution in [0.25, 0.3) is 0 Å². The van der Waals surface area contributed by atoms with Crippen LogP contribution in [0.15, 0.2) is 36.8 Å². The highest BCUT2D eigenvalue weighted by atomic mass is 16.1. The average molecular weight is 242 g/mol. The van der Waals surface area contributed by atoms with Crippen LogP contribution in [0.4, 0.5) is 5.82 Å². The molecule has 0 aromatic carbocycles. The number of primary amides is 1. The van der Waals surface area contributed by atoms with Gasteiger partial charge in [0.25, 0.3) is 0 Å². The van der Waals surface area contributed by atoms with Crippen molar-refractivity contribution in [3.8, 4) is 0 Å². The third kappa shape index (κ3) is 2.82. The van der Waals surface area contributed by atoms with E-state index in [9.17, 15) is 4.79 Å². The van der Waals surface area contributed by atoms with Crippen molar-refractivity contribution in [2.75, 3.05) is 5.32 Å². The van der Waals surface area contributed by atoms with Crippen molar-refractivity contribution in [3.05, 3.63) is 53.5 Å². The number of carbonyl (C=O) groups excluding carboxylic acids is 1. The summed E-state index contributed by atoms with van der Waals surface area (Å²) in [5, 5.41) is 3.18. The minimum Gasteiger partial charge on any atom is -0.366 e. The minimum atomic E-state index is -0.473. The first-order valence-corrected chi connectivity index (χ1v) is 5.56. The number of pyridine rings is 2. The maximum absolute atomic E-state index is 10.9. The lowest BCUT2D eigenvalue weighted by Gasteiger charge is -2.07. The Morgan fingerprint density at radius 2 is 2.17 bits per heavy atom. The molecule has 18 heavy (non-hydrogen) atoms. The Labute approximate surface area is 105 Å². The van der Waals surface area contributed by atoms with Gasteiger partial charge in [-0.05, 0) is 36.2 Å². The van der Waals surface area contributed by atoms with E-state index in [4.69, 9.17) is 5.73 Å². The summed E-state index contributed by atoms with van der Waals surface area (Å²) in [5.74, 6) is 0.232. The van der Waals surface area contributed by atoms with Gasteiger partial charge in [0, 0.05) is 25.1 Å². The zero-order valence-corrected chi connectivity index (χ0v) is 10.1. The number of hydrogen-bond acceptors (Lipinski definition) is 4. The molecule has 0 atom stereocenters. The zero-order valence-electron chi connectivity index (χ0n) is 10.1. The van der Waals surface area contributed by atoms with E-state index < -0.39 is 5.91 Å². The van der Waals surface area contributed by atoms with E-state index in [1.807, 2.05) is 19.2 Å². The highest BCUT2D eigenvalue weighted by Gasteiger charge is 2.01. The molecule has 0 unspecified atom stereocenters. The van der Waals surface area contributed by atoms with Crippen LogP contribution in [0, 0.1) is 6.92 Å². The number of aromatic nitrogens is 2. The van der Waals surface area contributed by atoms with E-state index in [-0.39, 0.29) is 0 Å². The van der Waals surface area contributed by atoms with Gasteiger partial charge in [0.05, 0.1) is 5.56 Å². The Morgan fingerprint density at radius 3 is 2.78 bits per heavy atom. The van der Waals surface area contributed by atoms with Crippen LogP contribution in [0.1, 0.15) is 21.5 Å². The summed E-state index contributed by atoms with van der Waals surface area (Å²) in [5.41, 5.74) is 7.83. The standard InChI is InChI=1S/C13H14N4O/c1-9-6-15-5-4-10(9)7-16-12-3-2-11(8-17-12)13(14)18/h2-6,8H,7H2,1H3,(H2,14,18)(H,16,17). The van der Waals surface area contributed by atoms with Gasteiger partial charge in [-0.3, -0.25) is 9.78 Å². The largest absolute Gasteiger partial charge is 0.366 e. The quantitative estimate of drug-likeness (QED) is 0.851. The monoisotopic (exact) mass is 242 g/mol. The molecule has 5 nitrogen and oxygen atoms in total. The van der Waals surface area contributed by atoms with Gasteiger partial charge in [-0.2, -0.15) is 0 Å². The number of carbonyl (C=O) groups is 1. The first kappa shape index (κ1) is 12.0. The SMILES string of the molecule is Cc1cnccc1CNc1ccc(C(N)=O)cn1. The number of nitrogens with two attached hydrogens (primary N) is 1. The van der Waals surface area contributed by atoms with Crippen LogP contribution in [-0.4, -0.2) is 15.9 Å². The molecule has 0 aliphatic heterocycles. The first-order valence-electron chi connectivity index (χ1n) is 5.56. The van der Waals surface area contributed by atoms with Crippen LogP contribution in [0.2, 0.25) is 0 Å². The summed E-state index contributed by atoms with van der Waals surface area (Å²) in [6.07, 6.45) is 5.04. The van der Waals surface area contributed by atoms with E-state index in [1.165, 1.54) is 6.20 Å². The topological polar surface area (TPSA) is 80.9 Å². The van der Waals surface area contributed by atoms with Crippen molar-refractivity contribution in [2.24, 2.45) is 5.73 Å². The summed E-state index contributed by atoms with van der Waals surface area (Å²) in [6, 6.07) is 5.34. The second-order valence-electron chi connectivity index (χ2n) is 3.95. The summed E-state index contributed by atoms with van der Waals surface area (Å²) in [4.78, 5) is 19.0. The van der Waals surface area contributed by atoms with Gasteiger partial charge < -0.3 is 11.1 Å². The number of hydrogen-bond donors (Lipinski definition) is 2. The van der Waals surface area contributed by atoms with Crippen LogP contribution < -0.4 is 11.1 Å². The minimum absolute atomic E-state index is 0.403. The molecule has 5 heteroatoms. The lowest BCUT2D eigenvalue weighted by molar-refractivity contribution is 0.1000. The fraction of sp³-hybridized carbons (Fsp3) is 0.154. The zero-order chi connectivity index (χ0) is 13.0. The van der Waals surface area contributed by atoms with Crippen molar-refractivity contribution in [3.63, 3.8) is 0 Å². The van der Waals surface area contributed by atoms with Gasteiger partial charge in [-0.25, -0.2) is 4.98 Å². The third-order valence-electron chi connectivity index (χ3n) is 2.64. The van der Waals surface area contributed by atoms with Crippen molar-refractivity contribution >= 4 is 11.7 Å². The van der Waals surface area contributed by atoms with E-state index in [1.54, 1.807) is 18.3 Å². The van der Waals surface area contributed by atoms with Crippen LogP contribution >= 0.6 is 0 Å². The van der Waals surface area contributed by atoms with Crippen LogP contribution in [0.3, 0.4) is 0 Å². The maximum atomic E-state index is 10.9. The first-order chi connectivity index (χ1) is 8.66. The number of aryl methyl sites for hydroxylation is 1. The lowest BCUT2D eigenvalue weighted by Crippen LogP contribution is -2.11. The molecule has 2 aromatic rings. The number of rotatable bonds is 4. The highest BCUT2D eigenvalue weighted by Crippen LogP contribution is 2.09. The third-order valence-corrected chi connectivity index (χ3v) is 2.64.